The van der Waals surface area contributed by atoms with Crippen LogP contribution in [0.25, 0.3) is 0 Å². The van der Waals surface area contributed by atoms with E-state index >= 15 is 0 Å². The van der Waals surface area contributed by atoms with Crippen molar-refractivity contribution in [2.45, 2.75) is 111 Å². The van der Waals surface area contributed by atoms with E-state index in [4.69, 9.17) is 4.84 Å². The maximum atomic E-state index is 12.2. The fourth-order valence-electron chi connectivity index (χ4n) is 9.16. The van der Waals surface area contributed by atoms with Crippen LogP contribution < -0.4 is 0 Å². The molecule has 0 aliphatic heterocycles. The first-order chi connectivity index (χ1) is 16.0. The molecule has 192 valence electrons. The standard InChI is InChI=1S/C27H44N2O5/c1-17(2)7-6-8-18(3)21-9-10-22-20-16-25(28(30)31)24-15-19(34-29(32)33)11-13-27(24,5)23(20)12-14-26(21,22)4/h17-23H,6-16H2,1-5H3/t18-,19+,20-,21+,22-,23-,26+,27+/m0/s1. The molecule has 0 aromatic heterocycles. The lowest BCUT2D eigenvalue weighted by Gasteiger charge is -2.58. The van der Waals surface area contributed by atoms with E-state index in [1.54, 1.807) is 0 Å². The number of allylic oxidation sites excluding steroid dienone is 1. The number of hydrogen-bond acceptors (Lipinski definition) is 5. The van der Waals surface area contributed by atoms with Crippen molar-refractivity contribution >= 4 is 0 Å². The number of nitro groups is 1. The summed E-state index contributed by atoms with van der Waals surface area (Å²) >= 11 is 0. The SMILES string of the molecule is CC(C)CCC[C@H](C)[C@H]1CC[C@H]2[C@@H]3CC([N+](=O)[O-])=C4C[C@H](O[N+](=O)[O-])CC[C@]4(C)[C@H]3CC[C@]12C. The molecule has 4 aliphatic carbocycles. The van der Waals surface area contributed by atoms with Crippen molar-refractivity contribution in [3.05, 3.63) is 31.5 Å². The van der Waals surface area contributed by atoms with Crippen LogP contribution in [0.15, 0.2) is 11.3 Å². The molecule has 0 bridgehead atoms. The Hall–Kier alpha value is -1.66. The summed E-state index contributed by atoms with van der Waals surface area (Å²) in [5.41, 5.74) is 1.24. The molecule has 0 N–H and O–H groups in total. The second-order valence-corrected chi connectivity index (χ2v) is 12.9. The van der Waals surface area contributed by atoms with Crippen LogP contribution in [-0.4, -0.2) is 16.1 Å². The van der Waals surface area contributed by atoms with Crippen molar-refractivity contribution in [3.8, 4) is 0 Å². The molecule has 34 heavy (non-hydrogen) atoms. The van der Waals surface area contributed by atoms with E-state index < -0.39 is 11.2 Å². The minimum absolute atomic E-state index is 0.175. The van der Waals surface area contributed by atoms with Gasteiger partial charge < -0.3 is 4.84 Å². The summed E-state index contributed by atoms with van der Waals surface area (Å²) in [6, 6.07) is 0. The maximum absolute atomic E-state index is 12.2. The highest BCUT2D eigenvalue weighted by molar-refractivity contribution is 5.28. The van der Waals surface area contributed by atoms with Crippen LogP contribution in [0, 0.1) is 66.6 Å². The third-order valence-electron chi connectivity index (χ3n) is 10.8. The zero-order valence-corrected chi connectivity index (χ0v) is 21.8. The summed E-state index contributed by atoms with van der Waals surface area (Å²) in [6.07, 6.45) is 10.3. The highest BCUT2D eigenvalue weighted by Crippen LogP contribution is 2.68. The Labute approximate surface area is 204 Å². The van der Waals surface area contributed by atoms with Crippen molar-refractivity contribution in [2.24, 2.45) is 46.3 Å². The van der Waals surface area contributed by atoms with E-state index in [0.717, 1.165) is 24.3 Å². The summed E-state index contributed by atoms with van der Waals surface area (Å²) in [5.74, 6) is 3.52. The van der Waals surface area contributed by atoms with Gasteiger partial charge in [0.25, 0.3) is 5.09 Å². The first kappa shape index (κ1) is 25.4. The van der Waals surface area contributed by atoms with Gasteiger partial charge in [-0.15, -0.1) is 10.1 Å². The molecule has 8 atom stereocenters. The molecule has 0 amide bonds. The Morgan fingerprint density at radius 1 is 0.971 bits per heavy atom. The number of nitrogens with zero attached hydrogens (tertiary/aromatic N) is 2. The summed E-state index contributed by atoms with van der Waals surface area (Å²) in [4.78, 5) is 27.9. The van der Waals surface area contributed by atoms with Crippen molar-refractivity contribution < 1.29 is 14.8 Å². The van der Waals surface area contributed by atoms with E-state index in [-0.39, 0.29) is 15.8 Å². The monoisotopic (exact) mass is 476 g/mol. The predicted octanol–water partition coefficient (Wildman–Crippen LogP) is 7.21. The second-order valence-electron chi connectivity index (χ2n) is 12.9. The fraction of sp³-hybridized carbons (Fsp3) is 0.926. The summed E-state index contributed by atoms with van der Waals surface area (Å²) in [6.45, 7) is 11.8. The highest BCUT2D eigenvalue weighted by atomic mass is 17.0. The lowest BCUT2D eigenvalue weighted by Crippen LogP contribution is -2.52. The van der Waals surface area contributed by atoms with Gasteiger partial charge in [-0.05, 0) is 84.9 Å². The van der Waals surface area contributed by atoms with Gasteiger partial charge in [0.2, 0.25) is 5.70 Å². The van der Waals surface area contributed by atoms with Crippen LogP contribution >= 0.6 is 0 Å². The summed E-state index contributed by atoms with van der Waals surface area (Å²) < 4.78 is 0. The molecular formula is C27H44N2O5. The van der Waals surface area contributed by atoms with Gasteiger partial charge in [-0.2, -0.15) is 0 Å². The molecule has 0 aromatic rings. The predicted molar refractivity (Wildman–Crippen MR) is 131 cm³/mol. The van der Waals surface area contributed by atoms with Gasteiger partial charge in [-0.1, -0.05) is 53.9 Å². The molecule has 0 heterocycles. The van der Waals surface area contributed by atoms with Gasteiger partial charge in [0.1, 0.15) is 6.10 Å². The number of rotatable bonds is 8. The van der Waals surface area contributed by atoms with E-state index in [1.807, 2.05) is 0 Å². The van der Waals surface area contributed by atoms with E-state index in [0.29, 0.717) is 54.5 Å². The van der Waals surface area contributed by atoms with E-state index in [1.165, 1.54) is 38.5 Å². The van der Waals surface area contributed by atoms with Gasteiger partial charge in [0.05, 0.1) is 4.92 Å². The third-order valence-corrected chi connectivity index (χ3v) is 10.8. The molecule has 0 unspecified atom stereocenters. The van der Waals surface area contributed by atoms with Crippen LogP contribution in [0.1, 0.15) is 105 Å². The molecule has 7 heteroatoms. The molecule has 0 radical (unpaired) electrons. The average molecular weight is 477 g/mol. The molecule has 3 fully saturated rings. The van der Waals surface area contributed by atoms with Crippen molar-refractivity contribution in [2.75, 3.05) is 0 Å². The third kappa shape index (κ3) is 4.37. The summed E-state index contributed by atoms with van der Waals surface area (Å²) in [7, 11) is 0. The lowest BCUT2D eigenvalue weighted by atomic mass is 9.46. The molecule has 4 aliphatic rings. The normalized spacial score (nSPS) is 40.4. The largest absolute Gasteiger partial charge is 0.310 e. The van der Waals surface area contributed by atoms with Crippen molar-refractivity contribution in [3.63, 3.8) is 0 Å². The van der Waals surface area contributed by atoms with Gasteiger partial charge in [-0.25, -0.2) is 0 Å². The molecule has 7 nitrogen and oxygen atoms in total. The van der Waals surface area contributed by atoms with Crippen LogP contribution in [0.5, 0.6) is 0 Å². The first-order valence-corrected chi connectivity index (χ1v) is 13.7. The molecule has 4 rings (SSSR count). The molecule has 3 saturated carbocycles. The zero-order valence-electron chi connectivity index (χ0n) is 21.8. The van der Waals surface area contributed by atoms with Crippen LogP contribution in [0.3, 0.4) is 0 Å². The minimum Gasteiger partial charge on any atom is -0.310 e. The zero-order chi connectivity index (χ0) is 24.8. The maximum Gasteiger partial charge on any atom is 0.294 e. The Morgan fingerprint density at radius 3 is 2.35 bits per heavy atom. The molecular weight excluding hydrogens is 432 g/mol. The van der Waals surface area contributed by atoms with Gasteiger partial charge >= 0.3 is 0 Å². The smallest absolute Gasteiger partial charge is 0.294 e. The quantitative estimate of drug-likeness (QED) is 0.272. The van der Waals surface area contributed by atoms with Gasteiger partial charge in [0.15, 0.2) is 0 Å². The second kappa shape index (κ2) is 9.42. The van der Waals surface area contributed by atoms with Crippen LogP contribution in [0.4, 0.5) is 0 Å². The Bertz CT molecular complexity index is 841. The Kier molecular flexibility index (Phi) is 7.05. The topological polar surface area (TPSA) is 95.5 Å². The van der Waals surface area contributed by atoms with Crippen molar-refractivity contribution in [1.82, 2.24) is 0 Å². The van der Waals surface area contributed by atoms with Crippen LogP contribution in [-0.2, 0) is 4.84 Å². The average Bonchev–Trinajstić information content (AvgIpc) is 3.10. The molecule has 0 aromatic carbocycles. The van der Waals surface area contributed by atoms with Crippen LogP contribution in [0.2, 0.25) is 0 Å². The molecule has 0 saturated heterocycles. The van der Waals surface area contributed by atoms with E-state index in [9.17, 15) is 20.2 Å². The summed E-state index contributed by atoms with van der Waals surface area (Å²) in [5, 5.41) is 22.4. The van der Waals surface area contributed by atoms with Gasteiger partial charge in [-0.3, -0.25) is 10.1 Å². The molecule has 0 spiro atoms. The Balaban J connectivity index is 1.58. The lowest BCUT2D eigenvalue weighted by molar-refractivity contribution is -0.769. The number of fused-ring (bicyclic) bond motifs is 5. The fourth-order valence-corrected chi connectivity index (χ4v) is 9.16. The van der Waals surface area contributed by atoms with E-state index in [2.05, 4.69) is 34.6 Å². The number of hydrogen-bond donors (Lipinski definition) is 0. The van der Waals surface area contributed by atoms with Crippen molar-refractivity contribution in [1.29, 1.82) is 0 Å². The highest BCUT2D eigenvalue weighted by Gasteiger charge is 2.61. The van der Waals surface area contributed by atoms with Gasteiger partial charge in [0, 0.05) is 18.4 Å². The first-order valence-electron chi connectivity index (χ1n) is 13.7. The Morgan fingerprint density at radius 2 is 1.71 bits per heavy atom. The minimum atomic E-state index is -0.738.